The molecule has 0 unspecified atom stereocenters. The Labute approximate surface area is 138 Å². The third-order valence-corrected chi connectivity index (χ3v) is 6.92. The molecule has 1 fully saturated rings. The fourth-order valence-electron chi connectivity index (χ4n) is 3.53. The van der Waals surface area contributed by atoms with Crippen LogP contribution in [-0.4, -0.2) is 31.6 Å². The summed E-state index contributed by atoms with van der Waals surface area (Å²) >= 11 is 0. The van der Waals surface area contributed by atoms with Gasteiger partial charge in [-0.3, -0.25) is 4.79 Å². The number of ketones is 1. The lowest BCUT2D eigenvalue weighted by atomic mass is 9.75. The minimum atomic E-state index is -3.50. The summed E-state index contributed by atoms with van der Waals surface area (Å²) < 4.78 is 27.4. The molecule has 0 saturated carbocycles. The van der Waals surface area contributed by atoms with E-state index in [0.717, 1.165) is 12.0 Å². The lowest BCUT2D eigenvalue weighted by Gasteiger charge is -2.28. The molecule has 0 radical (unpaired) electrons. The van der Waals surface area contributed by atoms with Gasteiger partial charge in [-0.1, -0.05) is 36.8 Å². The van der Waals surface area contributed by atoms with Gasteiger partial charge in [0, 0.05) is 31.3 Å². The first-order chi connectivity index (χ1) is 10.8. The van der Waals surface area contributed by atoms with E-state index in [1.54, 1.807) is 16.4 Å². The van der Waals surface area contributed by atoms with Crippen LogP contribution in [0.5, 0.6) is 0 Å². The SMILES string of the molecule is Cc1ccc(S(=O)(=O)N2C[C@@H]3CC(=O)CC/C=C\[C@]3(C)C2)cc1. The largest absolute Gasteiger partial charge is 0.300 e. The Bertz CT molecular complexity index is 736. The first-order valence-electron chi connectivity index (χ1n) is 8.07. The number of nitrogens with zero attached hydrogens (tertiary/aromatic N) is 1. The minimum absolute atomic E-state index is 0.0618. The molecule has 2 aliphatic rings. The Kier molecular flexibility index (Phi) is 4.19. The smallest absolute Gasteiger partial charge is 0.243 e. The second kappa shape index (κ2) is 5.87. The van der Waals surface area contributed by atoms with Crippen LogP contribution in [0.15, 0.2) is 41.3 Å². The Hall–Kier alpha value is -1.46. The Morgan fingerprint density at radius 3 is 2.61 bits per heavy atom. The minimum Gasteiger partial charge on any atom is -0.300 e. The van der Waals surface area contributed by atoms with Gasteiger partial charge in [0.25, 0.3) is 0 Å². The van der Waals surface area contributed by atoms with E-state index in [1.165, 1.54) is 0 Å². The number of allylic oxidation sites excluding steroid dienone is 1. The van der Waals surface area contributed by atoms with Crippen LogP contribution in [0, 0.1) is 18.3 Å². The molecule has 3 rings (SSSR count). The fraction of sp³-hybridized carbons (Fsp3) is 0.500. The van der Waals surface area contributed by atoms with E-state index < -0.39 is 10.0 Å². The lowest BCUT2D eigenvalue weighted by Crippen LogP contribution is -2.30. The molecule has 0 N–H and O–H groups in total. The summed E-state index contributed by atoms with van der Waals surface area (Å²) in [6.45, 7) is 4.86. The number of carbonyl (C=O) groups excluding carboxylic acids is 1. The van der Waals surface area contributed by atoms with Crippen LogP contribution >= 0.6 is 0 Å². The first-order valence-corrected chi connectivity index (χ1v) is 9.51. The molecule has 0 spiro atoms. The number of aryl methyl sites for hydroxylation is 1. The Morgan fingerprint density at radius 2 is 1.91 bits per heavy atom. The van der Waals surface area contributed by atoms with Crippen molar-refractivity contribution < 1.29 is 13.2 Å². The highest BCUT2D eigenvalue weighted by Crippen LogP contribution is 2.42. The van der Waals surface area contributed by atoms with Gasteiger partial charge in [-0.25, -0.2) is 8.42 Å². The standard InChI is InChI=1S/C18H23NO3S/c1-14-6-8-17(9-7-14)23(21,22)19-12-15-11-16(20)5-3-4-10-18(15,2)13-19/h4,6-10,15H,3,5,11-13H2,1-2H3/b10-4-/t15-,18+/m0/s1. The molecule has 4 nitrogen and oxygen atoms in total. The van der Waals surface area contributed by atoms with Gasteiger partial charge < -0.3 is 0 Å². The van der Waals surface area contributed by atoms with E-state index >= 15 is 0 Å². The summed E-state index contributed by atoms with van der Waals surface area (Å²) in [5, 5.41) is 0. The summed E-state index contributed by atoms with van der Waals surface area (Å²) in [5.41, 5.74) is 0.779. The predicted octanol–water partition coefficient (Wildman–Crippen LogP) is 2.93. The maximum atomic E-state index is 12.9. The molecule has 5 heteroatoms. The third kappa shape index (κ3) is 3.12. The zero-order chi connectivity index (χ0) is 16.7. The van der Waals surface area contributed by atoms with Crippen LogP contribution in [-0.2, 0) is 14.8 Å². The van der Waals surface area contributed by atoms with Gasteiger partial charge in [-0.15, -0.1) is 0 Å². The molecule has 1 aliphatic heterocycles. The monoisotopic (exact) mass is 333 g/mol. The van der Waals surface area contributed by atoms with E-state index in [1.807, 2.05) is 25.1 Å². The molecule has 1 aliphatic carbocycles. The van der Waals surface area contributed by atoms with Crippen LogP contribution < -0.4 is 0 Å². The number of fused-ring (bicyclic) bond motifs is 1. The Morgan fingerprint density at radius 1 is 1.22 bits per heavy atom. The van der Waals surface area contributed by atoms with Gasteiger partial charge >= 0.3 is 0 Å². The molecule has 0 amide bonds. The molecule has 23 heavy (non-hydrogen) atoms. The van der Waals surface area contributed by atoms with Gasteiger partial charge in [-0.2, -0.15) is 4.31 Å². The third-order valence-electron chi connectivity index (χ3n) is 5.09. The number of carbonyl (C=O) groups is 1. The van der Waals surface area contributed by atoms with E-state index in [2.05, 4.69) is 13.0 Å². The number of rotatable bonds is 2. The number of hydrogen-bond acceptors (Lipinski definition) is 3. The molecule has 1 aromatic rings. The number of Topliss-reactive ketones (excluding diaryl/α,β-unsaturated/α-hetero) is 1. The van der Waals surface area contributed by atoms with Gasteiger partial charge in [0.15, 0.2) is 0 Å². The van der Waals surface area contributed by atoms with Crippen molar-refractivity contribution in [3.8, 4) is 0 Å². The zero-order valence-electron chi connectivity index (χ0n) is 13.7. The normalized spacial score (nSPS) is 30.5. The highest BCUT2D eigenvalue weighted by molar-refractivity contribution is 7.89. The summed E-state index contributed by atoms with van der Waals surface area (Å²) in [4.78, 5) is 12.3. The average molecular weight is 333 g/mol. The molecule has 1 saturated heterocycles. The highest BCUT2D eigenvalue weighted by Gasteiger charge is 2.46. The van der Waals surface area contributed by atoms with Gasteiger partial charge in [0.1, 0.15) is 5.78 Å². The van der Waals surface area contributed by atoms with Crippen molar-refractivity contribution in [3.63, 3.8) is 0 Å². The first kappa shape index (κ1) is 16.4. The highest BCUT2D eigenvalue weighted by atomic mass is 32.2. The molecule has 2 atom stereocenters. The summed E-state index contributed by atoms with van der Waals surface area (Å²) in [5.74, 6) is 0.298. The Balaban J connectivity index is 1.91. The molecule has 0 aromatic heterocycles. The predicted molar refractivity (Wildman–Crippen MR) is 89.5 cm³/mol. The second-order valence-corrected chi connectivity index (χ2v) is 8.94. The second-order valence-electron chi connectivity index (χ2n) is 7.00. The van der Waals surface area contributed by atoms with E-state index in [9.17, 15) is 13.2 Å². The van der Waals surface area contributed by atoms with Gasteiger partial charge in [0.2, 0.25) is 10.0 Å². The van der Waals surface area contributed by atoms with Crippen LogP contribution in [0.2, 0.25) is 0 Å². The summed E-state index contributed by atoms with van der Waals surface area (Å²) in [7, 11) is -3.50. The number of sulfonamides is 1. The molecule has 124 valence electrons. The van der Waals surface area contributed by atoms with Crippen LogP contribution in [0.1, 0.15) is 31.7 Å². The lowest BCUT2D eigenvalue weighted by molar-refractivity contribution is -0.120. The maximum Gasteiger partial charge on any atom is 0.243 e. The molecule has 1 heterocycles. The average Bonchev–Trinajstić information content (AvgIpc) is 2.80. The van der Waals surface area contributed by atoms with Crippen molar-refractivity contribution in [1.29, 1.82) is 0 Å². The topological polar surface area (TPSA) is 54.5 Å². The molecular formula is C18H23NO3S. The molecule has 0 bridgehead atoms. The summed E-state index contributed by atoms with van der Waals surface area (Å²) in [6.07, 6.45) is 5.95. The number of hydrogen-bond donors (Lipinski definition) is 0. The molecule has 1 aromatic carbocycles. The van der Waals surface area contributed by atoms with Crippen LogP contribution in [0.4, 0.5) is 0 Å². The van der Waals surface area contributed by atoms with Crippen molar-refractivity contribution in [2.24, 2.45) is 11.3 Å². The van der Waals surface area contributed by atoms with Crippen molar-refractivity contribution in [1.82, 2.24) is 4.31 Å². The van der Waals surface area contributed by atoms with Crippen molar-refractivity contribution in [3.05, 3.63) is 42.0 Å². The van der Waals surface area contributed by atoms with Crippen molar-refractivity contribution >= 4 is 15.8 Å². The van der Waals surface area contributed by atoms with Gasteiger partial charge in [0.05, 0.1) is 4.90 Å². The van der Waals surface area contributed by atoms with Crippen molar-refractivity contribution in [2.45, 2.75) is 38.0 Å². The van der Waals surface area contributed by atoms with Crippen LogP contribution in [0.3, 0.4) is 0 Å². The number of benzene rings is 1. The van der Waals surface area contributed by atoms with Gasteiger partial charge in [-0.05, 0) is 31.4 Å². The van der Waals surface area contributed by atoms with Crippen LogP contribution in [0.25, 0.3) is 0 Å². The quantitative estimate of drug-likeness (QED) is 0.782. The van der Waals surface area contributed by atoms with E-state index in [0.29, 0.717) is 30.8 Å². The maximum absolute atomic E-state index is 12.9. The summed E-state index contributed by atoms with van der Waals surface area (Å²) in [6, 6.07) is 6.96. The van der Waals surface area contributed by atoms with E-state index in [4.69, 9.17) is 0 Å². The van der Waals surface area contributed by atoms with E-state index in [-0.39, 0.29) is 17.1 Å². The fourth-order valence-corrected chi connectivity index (χ4v) is 5.13. The zero-order valence-corrected chi connectivity index (χ0v) is 14.5. The van der Waals surface area contributed by atoms with Crippen molar-refractivity contribution in [2.75, 3.05) is 13.1 Å². The molecular weight excluding hydrogens is 310 g/mol.